The summed E-state index contributed by atoms with van der Waals surface area (Å²) in [7, 11) is 0. The van der Waals surface area contributed by atoms with E-state index in [0.717, 1.165) is 43.7 Å². The molecular weight excluding hydrogens is 250 g/mol. The van der Waals surface area contributed by atoms with Crippen molar-refractivity contribution in [2.75, 3.05) is 25.0 Å². The summed E-state index contributed by atoms with van der Waals surface area (Å²) in [6.45, 7) is 7.05. The first-order chi connectivity index (χ1) is 9.70. The summed E-state index contributed by atoms with van der Waals surface area (Å²) < 4.78 is 0. The Morgan fingerprint density at radius 1 is 1.45 bits per heavy atom. The first-order valence-electron chi connectivity index (χ1n) is 7.57. The standard InChI is InChI=1S/C16H23N3O/c1-3-12-6-4-5-11(2)15(12)18-16(20)19-8-7-13-9-17-10-14(13)19/h4-6,13-14,17H,3,7-10H2,1-2H3,(H,18,20)/t13-,14+/m1/s1. The Kier molecular flexibility index (Phi) is 3.66. The van der Waals surface area contributed by atoms with E-state index in [1.807, 2.05) is 4.90 Å². The maximum atomic E-state index is 12.6. The van der Waals surface area contributed by atoms with E-state index in [2.05, 4.69) is 42.7 Å². The molecule has 1 aromatic carbocycles. The van der Waals surface area contributed by atoms with Gasteiger partial charge in [0.15, 0.2) is 0 Å². The number of para-hydroxylation sites is 1. The molecule has 1 aromatic rings. The molecule has 2 aliphatic rings. The SMILES string of the molecule is CCc1cccc(C)c1NC(=O)N1CC[C@@H]2CNC[C@@H]21. The highest BCUT2D eigenvalue weighted by Crippen LogP contribution is 2.28. The highest BCUT2D eigenvalue weighted by atomic mass is 16.2. The van der Waals surface area contributed by atoms with E-state index in [-0.39, 0.29) is 6.03 Å². The Bertz CT molecular complexity index is 514. The lowest BCUT2D eigenvalue weighted by molar-refractivity contribution is 0.206. The summed E-state index contributed by atoms with van der Waals surface area (Å²) in [6, 6.07) is 6.64. The Hall–Kier alpha value is -1.55. The van der Waals surface area contributed by atoms with Crippen LogP contribution in [0.3, 0.4) is 0 Å². The number of hydrogen-bond acceptors (Lipinski definition) is 2. The van der Waals surface area contributed by atoms with Crippen LogP contribution >= 0.6 is 0 Å². The minimum atomic E-state index is 0.0604. The Morgan fingerprint density at radius 2 is 2.30 bits per heavy atom. The molecule has 0 aliphatic carbocycles. The number of amides is 2. The van der Waals surface area contributed by atoms with Crippen molar-refractivity contribution < 1.29 is 4.79 Å². The zero-order valence-corrected chi connectivity index (χ0v) is 12.3. The van der Waals surface area contributed by atoms with E-state index in [9.17, 15) is 4.79 Å². The molecule has 0 radical (unpaired) electrons. The summed E-state index contributed by atoms with van der Waals surface area (Å²) in [4.78, 5) is 14.6. The largest absolute Gasteiger partial charge is 0.322 e. The van der Waals surface area contributed by atoms with Crippen molar-refractivity contribution in [3.8, 4) is 0 Å². The molecule has 2 fully saturated rings. The van der Waals surface area contributed by atoms with E-state index in [1.54, 1.807) is 0 Å². The summed E-state index contributed by atoms with van der Waals surface area (Å²) in [5, 5.41) is 6.53. The molecule has 2 heterocycles. The maximum absolute atomic E-state index is 12.6. The van der Waals surface area contributed by atoms with Gasteiger partial charge in [-0.3, -0.25) is 0 Å². The van der Waals surface area contributed by atoms with Crippen LogP contribution in [0.4, 0.5) is 10.5 Å². The van der Waals surface area contributed by atoms with Gasteiger partial charge in [-0.05, 0) is 36.8 Å². The highest BCUT2D eigenvalue weighted by Gasteiger charge is 2.40. The number of likely N-dealkylation sites (tertiary alicyclic amines) is 1. The average Bonchev–Trinajstić information content (AvgIpc) is 3.03. The van der Waals surface area contributed by atoms with Gasteiger partial charge in [0.1, 0.15) is 0 Å². The number of fused-ring (bicyclic) bond motifs is 1. The second-order valence-corrected chi connectivity index (χ2v) is 5.86. The molecule has 2 saturated heterocycles. The number of nitrogens with zero attached hydrogens (tertiary/aromatic N) is 1. The lowest BCUT2D eigenvalue weighted by Gasteiger charge is -2.25. The van der Waals surface area contributed by atoms with Crippen molar-refractivity contribution in [1.82, 2.24) is 10.2 Å². The topological polar surface area (TPSA) is 44.4 Å². The predicted molar refractivity (Wildman–Crippen MR) is 81.0 cm³/mol. The molecule has 3 rings (SSSR count). The zero-order chi connectivity index (χ0) is 14.1. The minimum Gasteiger partial charge on any atom is -0.320 e. The van der Waals surface area contributed by atoms with E-state index >= 15 is 0 Å². The molecule has 2 atom stereocenters. The van der Waals surface area contributed by atoms with Crippen LogP contribution in [0, 0.1) is 12.8 Å². The van der Waals surface area contributed by atoms with E-state index in [4.69, 9.17) is 0 Å². The molecule has 2 amide bonds. The van der Waals surface area contributed by atoms with E-state index in [1.165, 1.54) is 5.56 Å². The fraction of sp³-hybridized carbons (Fsp3) is 0.562. The molecule has 4 heteroatoms. The van der Waals surface area contributed by atoms with Crippen molar-refractivity contribution in [2.24, 2.45) is 5.92 Å². The van der Waals surface area contributed by atoms with Gasteiger partial charge in [0.25, 0.3) is 0 Å². The van der Waals surface area contributed by atoms with Gasteiger partial charge in [0.05, 0.1) is 0 Å². The number of carbonyl (C=O) groups is 1. The van der Waals surface area contributed by atoms with E-state index < -0.39 is 0 Å². The van der Waals surface area contributed by atoms with Gasteiger partial charge in [-0.1, -0.05) is 25.1 Å². The smallest absolute Gasteiger partial charge is 0.320 e. The molecule has 0 aromatic heterocycles. The summed E-state index contributed by atoms with van der Waals surface area (Å²) in [5.41, 5.74) is 3.34. The van der Waals surface area contributed by atoms with Crippen LogP contribution in [0.25, 0.3) is 0 Å². The van der Waals surface area contributed by atoms with Gasteiger partial charge < -0.3 is 15.5 Å². The van der Waals surface area contributed by atoms with Gasteiger partial charge >= 0.3 is 6.03 Å². The van der Waals surface area contributed by atoms with Crippen LogP contribution in [0.2, 0.25) is 0 Å². The highest BCUT2D eigenvalue weighted by molar-refractivity contribution is 5.91. The van der Waals surface area contributed by atoms with Gasteiger partial charge in [-0.15, -0.1) is 0 Å². The van der Waals surface area contributed by atoms with Crippen LogP contribution in [-0.4, -0.2) is 36.6 Å². The van der Waals surface area contributed by atoms with Gasteiger partial charge in [-0.25, -0.2) is 4.79 Å². The third-order valence-corrected chi connectivity index (χ3v) is 4.68. The van der Waals surface area contributed by atoms with Crippen molar-refractivity contribution in [2.45, 2.75) is 32.7 Å². The van der Waals surface area contributed by atoms with Crippen LogP contribution in [0.5, 0.6) is 0 Å². The zero-order valence-electron chi connectivity index (χ0n) is 12.3. The molecule has 108 valence electrons. The Labute approximate surface area is 120 Å². The molecule has 2 N–H and O–H groups in total. The lowest BCUT2D eigenvalue weighted by atomic mass is 10.1. The van der Waals surface area contributed by atoms with Crippen LogP contribution in [0.1, 0.15) is 24.5 Å². The molecular formula is C16H23N3O. The summed E-state index contributed by atoms with van der Waals surface area (Å²) in [6.07, 6.45) is 2.06. The molecule has 4 nitrogen and oxygen atoms in total. The molecule has 0 bridgehead atoms. The molecule has 20 heavy (non-hydrogen) atoms. The first kappa shape index (κ1) is 13.4. The van der Waals surface area contributed by atoms with Gasteiger partial charge in [0.2, 0.25) is 0 Å². The fourth-order valence-electron chi connectivity index (χ4n) is 3.48. The monoisotopic (exact) mass is 273 g/mol. The number of aryl methyl sites for hydroxylation is 2. The fourth-order valence-corrected chi connectivity index (χ4v) is 3.48. The normalized spacial score (nSPS) is 24.8. The average molecular weight is 273 g/mol. The Morgan fingerprint density at radius 3 is 3.10 bits per heavy atom. The summed E-state index contributed by atoms with van der Waals surface area (Å²) >= 11 is 0. The number of nitrogens with one attached hydrogen (secondary N) is 2. The predicted octanol–water partition coefficient (Wildman–Crippen LogP) is 2.38. The molecule has 2 aliphatic heterocycles. The van der Waals surface area contributed by atoms with Crippen LogP contribution in [0.15, 0.2) is 18.2 Å². The lowest BCUT2D eigenvalue weighted by Crippen LogP contribution is -2.41. The number of hydrogen-bond donors (Lipinski definition) is 2. The molecule has 0 saturated carbocycles. The molecule has 0 spiro atoms. The minimum absolute atomic E-state index is 0.0604. The van der Waals surface area contributed by atoms with Crippen molar-refractivity contribution in [3.63, 3.8) is 0 Å². The number of rotatable bonds is 2. The third kappa shape index (κ3) is 2.29. The van der Waals surface area contributed by atoms with Gasteiger partial charge in [0, 0.05) is 31.4 Å². The number of anilines is 1. The van der Waals surface area contributed by atoms with Crippen LogP contribution < -0.4 is 10.6 Å². The number of carbonyl (C=O) groups excluding carboxylic acids is 1. The second-order valence-electron chi connectivity index (χ2n) is 5.86. The quantitative estimate of drug-likeness (QED) is 0.869. The first-order valence-corrected chi connectivity index (χ1v) is 7.57. The molecule has 0 unspecified atom stereocenters. The Balaban J connectivity index is 1.76. The number of urea groups is 1. The van der Waals surface area contributed by atoms with Crippen molar-refractivity contribution >= 4 is 11.7 Å². The van der Waals surface area contributed by atoms with Crippen molar-refractivity contribution in [1.29, 1.82) is 0 Å². The van der Waals surface area contributed by atoms with Crippen LogP contribution in [-0.2, 0) is 6.42 Å². The maximum Gasteiger partial charge on any atom is 0.322 e. The van der Waals surface area contributed by atoms with E-state index in [0.29, 0.717) is 12.0 Å². The van der Waals surface area contributed by atoms with Gasteiger partial charge in [-0.2, -0.15) is 0 Å². The number of benzene rings is 1. The second kappa shape index (κ2) is 5.44. The third-order valence-electron chi connectivity index (χ3n) is 4.68. The van der Waals surface area contributed by atoms with Crippen molar-refractivity contribution in [3.05, 3.63) is 29.3 Å². The summed E-state index contributed by atoms with van der Waals surface area (Å²) in [5.74, 6) is 0.642.